The zero-order valence-electron chi connectivity index (χ0n) is 5.58. The van der Waals surface area contributed by atoms with Gasteiger partial charge in [-0.1, -0.05) is 12.1 Å². The van der Waals surface area contributed by atoms with Crippen LogP contribution in [0.15, 0.2) is 24.3 Å². The van der Waals surface area contributed by atoms with Crippen LogP contribution >= 0.6 is 22.6 Å². The van der Waals surface area contributed by atoms with Gasteiger partial charge in [-0.2, -0.15) is 5.90 Å². The molecule has 0 aliphatic heterocycles. The lowest BCUT2D eigenvalue weighted by Gasteiger charge is -1.98. The van der Waals surface area contributed by atoms with Gasteiger partial charge in [0.05, 0.1) is 5.56 Å². The van der Waals surface area contributed by atoms with Gasteiger partial charge < -0.3 is 4.84 Å². The third kappa shape index (κ3) is 1.90. The number of carbonyl (C=O) groups excluding carboxylic acids is 1. The van der Waals surface area contributed by atoms with Gasteiger partial charge in [-0.15, -0.1) is 0 Å². The lowest BCUT2D eigenvalue weighted by Crippen LogP contribution is -2.11. The van der Waals surface area contributed by atoms with Crippen molar-refractivity contribution in [2.75, 3.05) is 0 Å². The van der Waals surface area contributed by atoms with Crippen molar-refractivity contribution in [2.24, 2.45) is 5.90 Å². The van der Waals surface area contributed by atoms with E-state index in [4.69, 9.17) is 5.90 Å². The number of carbonyl (C=O) groups is 1. The number of nitrogens with two attached hydrogens (primary N) is 1. The number of hydrogen-bond donors (Lipinski definition) is 1. The standard InChI is InChI=1S/C7H6INO2/c8-6-4-2-1-3-5(6)7(10)11-9/h1-4H,9H2. The summed E-state index contributed by atoms with van der Waals surface area (Å²) >= 11 is 2.04. The van der Waals surface area contributed by atoms with E-state index in [9.17, 15) is 4.79 Å². The van der Waals surface area contributed by atoms with E-state index < -0.39 is 5.97 Å². The number of benzene rings is 1. The maximum Gasteiger partial charge on any atom is 0.357 e. The van der Waals surface area contributed by atoms with Gasteiger partial charge in [0.15, 0.2) is 0 Å². The lowest BCUT2D eigenvalue weighted by molar-refractivity contribution is 0.0502. The highest BCUT2D eigenvalue weighted by molar-refractivity contribution is 14.1. The van der Waals surface area contributed by atoms with E-state index in [0.717, 1.165) is 3.57 Å². The Balaban J connectivity index is 3.03. The summed E-state index contributed by atoms with van der Waals surface area (Å²) < 4.78 is 0.834. The van der Waals surface area contributed by atoms with E-state index in [1.54, 1.807) is 12.1 Å². The summed E-state index contributed by atoms with van der Waals surface area (Å²) in [6.45, 7) is 0. The highest BCUT2D eigenvalue weighted by atomic mass is 127. The van der Waals surface area contributed by atoms with Gasteiger partial charge in [0.25, 0.3) is 0 Å². The van der Waals surface area contributed by atoms with E-state index in [1.165, 1.54) is 0 Å². The molecule has 0 aliphatic carbocycles. The van der Waals surface area contributed by atoms with Crippen molar-refractivity contribution >= 4 is 28.6 Å². The molecule has 0 saturated carbocycles. The number of rotatable bonds is 1. The fourth-order valence-electron chi connectivity index (χ4n) is 0.690. The van der Waals surface area contributed by atoms with Crippen LogP contribution in [-0.4, -0.2) is 5.97 Å². The minimum absolute atomic E-state index is 0.496. The van der Waals surface area contributed by atoms with E-state index in [-0.39, 0.29) is 0 Å². The first-order valence-corrected chi connectivity index (χ1v) is 3.99. The van der Waals surface area contributed by atoms with Crippen LogP contribution < -0.4 is 5.90 Å². The van der Waals surface area contributed by atoms with Crippen molar-refractivity contribution < 1.29 is 9.63 Å². The van der Waals surface area contributed by atoms with E-state index in [0.29, 0.717) is 5.56 Å². The maximum atomic E-state index is 10.9. The van der Waals surface area contributed by atoms with Crippen LogP contribution in [-0.2, 0) is 4.84 Å². The third-order valence-electron chi connectivity index (χ3n) is 1.20. The normalized spacial score (nSPS) is 9.27. The van der Waals surface area contributed by atoms with Crippen LogP contribution in [0.4, 0.5) is 0 Å². The maximum absolute atomic E-state index is 10.9. The van der Waals surface area contributed by atoms with Gasteiger partial charge >= 0.3 is 5.97 Å². The molecule has 0 aromatic heterocycles. The Morgan fingerprint density at radius 3 is 2.64 bits per heavy atom. The molecule has 58 valence electrons. The lowest BCUT2D eigenvalue weighted by atomic mass is 10.2. The molecule has 0 atom stereocenters. The molecular weight excluding hydrogens is 257 g/mol. The predicted molar refractivity (Wildman–Crippen MR) is 48.8 cm³/mol. The number of halogens is 1. The Hall–Kier alpha value is -0.620. The zero-order valence-corrected chi connectivity index (χ0v) is 7.74. The first kappa shape index (κ1) is 8.48. The predicted octanol–water partition coefficient (Wildman–Crippen LogP) is 1.32. The highest BCUT2D eigenvalue weighted by Crippen LogP contribution is 2.11. The van der Waals surface area contributed by atoms with Gasteiger partial charge in [0.1, 0.15) is 0 Å². The molecule has 11 heavy (non-hydrogen) atoms. The van der Waals surface area contributed by atoms with Crippen molar-refractivity contribution in [1.29, 1.82) is 0 Å². The summed E-state index contributed by atoms with van der Waals surface area (Å²) in [5, 5.41) is 0. The van der Waals surface area contributed by atoms with Gasteiger partial charge in [-0.25, -0.2) is 4.79 Å². The third-order valence-corrected chi connectivity index (χ3v) is 2.14. The summed E-state index contributed by atoms with van der Waals surface area (Å²) in [4.78, 5) is 15.0. The van der Waals surface area contributed by atoms with Gasteiger partial charge in [0, 0.05) is 3.57 Å². The first-order chi connectivity index (χ1) is 5.25. The SMILES string of the molecule is NOC(=O)c1ccccc1I. The Labute approximate surface area is 77.6 Å². The summed E-state index contributed by atoms with van der Waals surface area (Å²) in [7, 11) is 0. The van der Waals surface area contributed by atoms with Crippen molar-refractivity contribution in [3.63, 3.8) is 0 Å². The fourth-order valence-corrected chi connectivity index (χ4v) is 1.30. The van der Waals surface area contributed by atoms with Crippen LogP contribution in [0.2, 0.25) is 0 Å². The largest absolute Gasteiger partial charge is 0.370 e. The quantitative estimate of drug-likeness (QED) is 0.614. The Morgan fingerprint density at radius 2 is 2.09 bits per heavy atom. The molecule has 0 aliphatic rings. The van der Waals surface area contributed by atoms with E-state index in [2.05, 4.69) is 4.84 Å². The van der Waals surface area contributed by atoms with Crippen molar-refractivity contribution in [1.82, 2.24) is 0 Å². The molecule has 0 unspecified atom stereocenters. The summed E-state index contributed by atoms with van der Waals surface area (Å²) in [5.74, 6) is 4.22. The zero-order chi connectivity index (χ0) is 8.27. The average molecular weight is 263 g/mol. The molecule has 1 rings (SSSR count). The van der Waals surface area contributed by atoms with Crippen molar-refractivity contribution in [2.45, 2.75) is 0 Å². The van der Waals surface area contributed by atoms with Crippen LogP contribution in [0.1, 0.15) is 10.4 Å². The van der Waals surface area contributed by atoms with Crippen LogP contribution in [0, 0.1) is 3.57 Å². The minimum Gasteiger partial charge on any atom is -0.370 e. The molecule has 0 amide bonds. The second kappa shape index (κ2) is 3.68. The Bertz CT molecular complexity index is 275. The molecule has 1 aromatic carbocycles. The van der Waals surface area contributed by atoms with Crippen LogP contribution in [0.25, 0.3) is 0 Å². The number of hydrogen-bond acceptors (Lipinski definition) is 3. The van der Waals surface area contributed by atoms with Gasteiger partial charge in [-0.3, -0.25) is 0 Å². The molecule has 3 nitrogen and oxygen atoms in total. The molecule has 1 aromatic rings. The summed E-state index contributed by atoms with van der Waals surface area (Å²) in [6, 6.07) is 7.08. The second-order valence-corrected chi connectivity index (χ2v) is 3.05. The molecule has 4 heteroatoms. The smallest absolute Gasteiger partial charge is 0.357 e. The van der Waals surface area contributed by atoms with E-state index >= 15 is 0 Å². The van der Waals surface area contributed by atoms with Crippen molar-refractivity contribution in [3.8, 4) is 0 Å². The van der Waals surface area contributed by atoms with Crippen LogP contribution in [0.5, 0.6) is 0 Å². The van der Waals surface area contributed by atoms with Crippen LogP contribution in [0.3, 0.4) is 0 Å². The average Bonchev–Trinajstić information content (AvgIpc) is 2.04. The monoisotopic (exact) mass is 263 g/mol. The molecule has 0 saturated heterocycles. The molecule has 0 heterocycles. The van der Waals surface area contributed by atoms with Gasteiger partial charge in [0.2, 0.25) is 0 Å². The molecule has 0 bridgehead atoms. The van der Waals surface area contributed by atoms with E-state index in [1.807, 2.05) is 34.7 Å². The minimum atomic E-state index is -0.505. The Kier molecular flexibility index (Phi) is 2.84. The topological polar surface area (TPSA) is 52.3 Å². The first-order valence-electron chi connectivity index (χ1n) is 2.91. The molecular formula is C7H6INO2. The fraction of sp³-hybridized carbons (Fsp3) is 0. The highest BCUT2D eigenvalue weighted by Gasteiger charge is 2.07. The van der Waals surface area contributed by atoms with Crippen molar-refractivity contribution in [3.05, 3.63) is 33.4 Å². The molecule has 0 spiro atoms. The summed E-state index contributed by atoms with van der Waals surface area (Å²) in [6.07, 6.45) is 0. The summed E-state index contributed by atoms with van der Waals surface area (Å²) in [5.41, 5.74) is 0.496. The Morgan fingerprint density at radius 1 is 1.45 bits per heavy atom. The second-order valence-electron chi connectivity index (χ2n) is 1.89. The molecule has 0 fully saturated rings. The molecule has 0 radical (unpaired) electrons. The van der Waals surface area contributed by atoms with Gasteiger partial charge in [-0.05, 0) is 34.7 Å². The molecule has 2 N–H and O–H groups in total.